The normalized spacial score (nSPS) is 14.0. The number of nitrogens with one attached hydrogen (secondary N) is 1. The third kappa shape index (κ3) is 5.76. The second kappa shape index (κ2) is 10.3. The van der Waals surface area contributed by atoms with Crippen LogP contribution in [0.1, 0.15) is 21.5 Å². The molecule has 0 unspecified atom stereocenters. The molecule has 0 bridgehead atoms. The van der Waals surface area contributed by atoms with Gasteiger partial charge in [-0.1, -0.05) is 24.3 Å². The summed E-state index contributed by atoms with van der Waals surface area (Å²) in [5.74, 6) is -0.254. The number of carbonyl (C=O) groups excluding carboxylic acids is 1. The van der Waals surface area contributed by atoms with Gasteiger partial charge in [0.15, 0.2) is 0 Å². The summed E-state index contributed by atoms with van der Waals surface area (Å²) >= 11 is 0. The first-order valence-corrected chi connectivity index (χ1v) is 13.0. The number of rotatable bonds is 7. The van der Waals surface area contributed by atoms with Gasteiger partial charge in [0, 0.05) is 30.0 Å². The van der Waals surface area contributed by atoms with Gasteiger partial charge in [0.1, 0.15) is 0 Å². The molecule has 0 aliphatic carbocycles. The molecule has 1 amide bonds. The Morgan fingerprint density at radius 3 is 2.24 bits per heavy atom. The number of morpholine rings is 1. The molecule has 1 aliphatic heterocycles. The third-order valence-corrected chi connectivity index (χ3v) is 7.04. The second-order valence-electron chi connectivity index (χ2n) is 8.34. The quantitative estimate of drug-likeness (QED) is 0.553. The topological polar surface area (TPSA) is 79.0 Å². The number of carbonyl (C=O) groups is 1. The average molecular weight is 480 g/mol. The minimum Gasteiger partial charge on any atom is -0.378 e. The summed E-state index contributed by atoms with van der Waals surface area (Å²) in [6, 6.07) is 22.0. The fourth-order valence-corrected chi connectivity index (χ4v) is 4.78. The molecule has 34 heavy (non-hydrogen) atoms. The van der Waals surface area contributed by atoms with Crippen LogP contribution in [-0.2, 0) is 21.3 Å². The molecular formula is C26H29N3O4S. The number of aryl methyl sites for hydroxylation is 1. The van der Waals surface area contributed by atoms with Crippen molar-refractivity contribution in [3.05, 3.63) is 89.5 Å². The Labute approximate surface area is 201 Å². The van der Waals surface area contributed by atoms with E-state index < -0.39 is 10.0 Å². The summed E-state index contributed by atoms with van der Waals surface area (Å²) in [6.45, 7) is 5.33. The molecule has 1 saturated heterocycles. The zero-order chi connectivity index (χ0) is 24.1. The molecule has 7 nitrogen and oxygen atoms in total. The van der Waals surface area contributed by atoms with Crippen molar-refractivity contribution in [3.8, 4) is 0 Å². The van der Waals surface area contributed by atoms with Crippen LogP contribution in [0.3, 0.4) is 0 Å². The molecule has 0 radical (unpaired) electrons. The van der Waals surface area contributed by atoms with Gasteiger partial charge >= 0.3 is 0 Å². The maximum atomic E-state index is 12.7. The van der Waals surface area contributed by atoms with Crippen molar-refractivity contribution in [1.29, 1.82) is 0 Å². The number of hydrogen-bond acceptors (Lipinski definition) is 5. The molecule has 0 saturated carbocycles. The predicted molar refractivity (Wildman–Crippen MR) is 136 cm³/mol. The SMILES string of the molecule is Cc1ccccc1CN(c1ccc(C(=O)Nc2ccc(N3CCOCC3)cc2)cc1)S(C)(=O)=O. The van der Waals surface area contributed by atoms with Crippen LogP contribution in [0.4, 0.5) is 17.1 Å². The lowest BCUT2D eigenvalue weighted by atomic mass is 10.1. The van der Waals surface area contributed by atoms with Crippen molar-refractivity contribution < 1.29 is 17.9 Å². The molecule has 0 aromatic heterocycles. The highest BCUT2D eigenvalue weighted by atomic mass is 32.2. The smallest absolute Gasteiger partial charge is 0.255 e. The first kappa shape index (κ1) is 23.8. The molecule has 3 aromatic rings. The minimum absolute atomic E-state index is 0.229. The van der Waals surface area contributed by atoms with Crippen LogP contribution in [0.5, 0.6) is 0 Å². The highest BCUT2D eigenvalue weighted by Crippen LogP contribution is 2.24. The van der Waals surface area contributed by atoms with E-state index in [0.717, 1.165) is 43.1 Å². The van der Waals surface area contributed by atoms with E-state index in [-0.39, 0.29) is 12.5 Å². The van der Waals surface area contributed by atoms with Gasteiger partial charge in [-0.05, 0) is 66.6 Å². The Morgan fingerprint density at radius 1 is 0.971 bits per heavy atom. The largest absolute Gasteiger partial charge is 0.378 e. The van der Waals surface area contributed by atoms with Crippen LogP contribution in [-0.4, -0.2) is 46.9 Å². The molecule has 1 N–H and O–H groups in total. The predicted octanol–water partition coefficient (Wildman–Crippen LogP) is 4.05. The van der Waals surface area contributed by atoms with Gasteiger partial charge < -0.3 is 15.0 Å². The summed E-state index contributed by atoms with van der Waals surface area (Å²) < 4.78 is 31.7. The molecule has 8 heteroatoms. The monoisotopic (exact) mass is 479 g/mol. The molecule has 3 aromatic carbocycles. The van der Waals surface area contributed by atoms with Crippen molar-refractivity contribution in [2.24, 2.45) is 0 Å². The molecule has 178 valence electrons. The van der Waals surface area contributed by atoms with Crippen LogP contribution in [0.15, 0.2) is 72.8 Å². The third-order valence-electron chi connectivity index (χ3n) is 5.89. The summed E-state index contributed by atoms with van der Waals surface area (Å²) in [5, 5.41) is 2.90. The number of sulfonamides is 1. The fourth-order valence-electron chi connectivity index (χ4n) is 3.90. The van der Waals surface area contributed by atoms with Crippen LogP contribution < -0.4 is 14.5 Å². The number of benzene rings is 3. The van der Waals surface area contributed by atoms with E-state index in [1.54, 1.807) is 24.3 Å². The number of ether oxygens (including phenoxy) is 1. The van der Waals surface area contributed by atoms with Gasteiger partial charge in [-0.3, -0.25) is 9.10 Å². The molecule has 0 atom stereocenters. The van der Waals surface area contributed by atoms with E-state index in [1.807, 2.05) is 55.5 Å². The summed E-state index contributed by atoms with van der Waals surface area (Å²) in [4.78, 5) is 15.0. The lowest BCUT2D eigenvalue weighted by Crippen LogP contribution is -2.36. The lowest BCUT2D eigenvalue weighted by molar-refractivity contribution is 0.102. The van der Waals surface area contributed by atoms with Crippen LogP contribution in [0.2, 0.25) is 0 Å². The molecule has 4 rings (SSSR count). The van der Waals surface area contributed by atoms with Crippen molar-refractivity contribution >= 4 is 33.0 Å². The Balaban J connectivity index is 1.45. The van der Waals surface area contributed by atoms with Gasteiger partial charge in [0.05, 0.1) is 31.7 Å². The Kier molecular flexibility index (Phi) is 7.19. The van der Waals surface area contributed by atoms with Crippen LogP contribution in [0.25, 0.3) is 0 Å². The van der Waals surface area contributed by atoms with Crippen molar-refractivity contribution in [3.63, 3.8) is 0 Å². The van der Waals surface area contributed by atoms with Crippen molar-refractivity contribution in [1.82, 2.24) is 0 Å². The molecular weight excluding hydrogens is 450 g/mol. The maximum absolute atomic E-state index is 12.7. The first-order chi connectivity index (χ1) is 16.3. The van der Waals surface area contributed by atoms with Crippen molar-refractivity contribution in [2.45, 2.75) is 13.5 Å². The summed E-state index contributed by atoms with van der Waals surface area (Å²) in [7, 11) is -3.51. The summed E-state index contributed by atoms with van der Waals surface area (Å²) in [5.41, 5.74) is 4.70. The lowest BCUT2D eigenvalue weighted by Gasteiger charge is -2.28. The molecule has 1 aliphatic rings. The highest BCUT2D eigenvalue weighted by molar-refractivity contribution is 7.92. The van der Waals surface area contributed by atoms with Gasteiger partial charge in [-0.25, -0.2) is 8.42 Å². The standard InChI is InChI=1S/C26H29N3O4S/c1-20-5-3-4-6-22(20)19-29(34(2,31)32)25-11-7-21(8-12-25)26(30)27-23-9-13-24(14-10-23)28-15-17-33-18-16-28/h3-14H,15-19H2,1-2H3,(H,27,30). The van der Waals surface area contributed by atoms with Crippen molar-refractivity contribution in [2.75, 3.05) is 47.1 Å². The first-order valence-electron chi connectivity index (χ1n) is 11.2. The van der Waals surface area contributed by atoms with E-state index >= 15 is 0 Å². The number of hydrogen-bond donors (Lipinski definition) is 1. The van der Waals surface area contributed by atoms with Crippen LogP contribution in [0, 0.1) is 6.92 Å². The van der Waals surface area contributed by atoms with Gasteiger partial charge in [0.25, 0.3) is 5.91 Å². The van der Waals surface area contributed by atoms with E-state index in [1.165, 1.54) is 10.6 Å². The minimum atomic E-state index is -3.51. The van der Waals surface area contributed by atoms with Gasteiger partial charge in [-0.15, -0.1) is 0 Å². The highest BCUT2D eigenvalue weighted by Gasteiger charge is 2.19. The van der Waals surface area contributed by atoms with Gasteiger partial charge in [-0.2, -0.15) is 0 Å². The Morgan fingerprint density at radius 2 is 1.62 bits per heavy atom. The zero-order valence-electron chi connectivity index (χ0n) is 19.4. The number of anilines is 3. The summed E-state index contributed by atoms with van der Waals surface area (Å²) in [6.07, 6.45) is 1.19. The zero-order valence-corrected chi connectivity index (χ0v) is 20.2. The second-order valence-corrected chi connectivity index (χ2v) is 10.3. The van der Waals surface area contributed by atoms with E-state index in [0.29, 0.717) is 16.9 Å². The average Bonchev–Trinajstić information content (AvgIpc) is 2.84. The number of amides is 1. The van der Waals surface area contributed by atoms with E-state index in [2.05, 4.69) is 10.2 Å². The molecule has 1 fully saturated rings. The van der Waals surface area contributed by atoms with E-state index in [4.69, 9.17) is 4.74 Å². The Bertz CT molecular complexity index is 1240. The number of nitrogens with zero attached hydrogens (tertiary/aromatic N) is 2. The Hall–Kier alpha value is -3.36. The van der Waals surface area contributed by atoms with E-state index in [9.17, 15) is 13.2 Å². The van der Waals surface area contributed by atoms with Crippen LogP contribution >= 0.6 is 0 Å². The van der Waals surface area contributed by atoms with Gasteiger partial charge in [0.2, 0.25) is 10.0 Å². The molecule has 0 spiro atoms. The molecule has 1 heterocycles. The fraction of sp³-hybridized carbons (Fsp3) is 0.269. The maximum Gasteiger partial charge on any atom is 0.255 e.